The molecule has 1 aromatic heterocycles. The molecule has 1 aliphatic rings. The zero-order valence-electron chi connectivity index (χ0n) is 12.8. The van der Waals surface area contributed by atoms with E-state index in [1.165, 1.54) is 11.3 Å². The molecule has 0 aromatic carbocycles. The Morgan fingerprint density at radius 2 is 2.19 bits per heavy atom. The molecular formula is C13H24N6OS. The van der Waals surface area contributed by atoms with Gasteiger partial charge in [-0.25, -0.2) is 4.98 Å². The van der Waals surface area contributed by atoms with Crippen LogP contribution in [0, 0.1) is 0 Å². The predicted molar refractivity (Wildman–Crippen MR) is 87.1 cm³/mol. The zero-order chi connectivity index (χ0) is 15.4. The lowest BCUT2D eigenvalue weighted by Gasteiger charge is -2.26. The third-order valence-electron chi connectivity index (χ3n) is 3.25. The van der Waals surface area contributed by atoms with Crippen LogP contribution in [0.1, 0.15) is 16.6 Å². The number of piperazine rings is 1. The first kappa shape index (κ1) is 16.0. The maximum Gasteiger partial charge on any atom is 0.265 e. The number of amides is 1. The van der Waals surface area contributed by atoms with Crippen molar-refractivity contribution in [3.8, 4) is 0 Å². The number of nitrogens with zero attached hydrogens (tertiary/aromatic N) is 3. The summed E-state index contributed by atoms with van der Waals surface area (Å²) in [5.41, 5.74) is 5.91. The molecule has 0 radical (unpaired) electrons. The van der Waals surface area contributed by atoms with Gasteiger partial charge in [-0.15, -0.1) is 0 Å². The van der Waals surface area contributed by atoms with Crippen LogP contribution in [0.15, 0.2) is 0 Å². The summed E-state index contributed by atoms with van der Waals surface area (Å²) >= 11 is 1.37. The molecule has 1 saturated heterocycles. The second-order valence-electron chi connectivity index (χ2n) is 5.58. The minimum absolute atomic E-state index is 0.0663. The van der Waals surface area contributed by atoms with Gasteiger partial charge in [0.05, 0.1) is 0 Å². The summed E-state index contributed by atoms with van der Waals surface area (Å²) in [5.74, 6) is 0.184. The molecule has 1 aromatic rings. The van der Waals surface area contributed by atoms with E-state index in [9.17, 15) is 4.79 Å². The number of aromatic nitrogens is 1. The molecule has 21 heavy (non-hydrogen) atoms. The molecule has 1 atom stereocenters. The van der Waals surface area contributed by atoms with Gasteiger partial charge in [0.2, 0.25) is 0 Å². The number of hydrogen-bond acceptors (Lipinski definition) is 7. The van der Waals surface area contributed by atoms with Crippen LogP contribution in [-0.2, 0) is 0 Å². The maximum atomic E-state index is 12.3. The Kier molecular flexibility index (Phi) is 5.38. The lowest BCUT2D eigenvalue weighted by atomic mass is 10.3. The number of nitrogen functional groups attached to an aromatic ring is 1. The van der Waals surface area contributed by atoms with Gasteiger partial charge in [0.15, 0.2) is 5.13 Å². The van der Waals surface area contributed by atoms with Crippen LogP contribution in [-0.4, -0.2) is 68.7 Å². The number of nitrogens with one attached hydrogen (secondary N) is 2. The Morgan fingerprint density at radius 1 is 1.52 bits per heavy atom. The van der Waals surface area contributed by atoms with E-state index in [1.54, 1.807) is 0 Å². The maximum absolute atomic E-state index is 12.3. The Balaban J connectivity index is 2.02. The van der Waals surface area contributed by atoms with E-state index in [2.05, 4.69) is 20.5 Å². The molecule has 4 N–H and O–H groups in total. The first-order valence-electron chi connectivity index (χ1n) is 7.15. The molecule has 1 fully saturated rings. The van der Waals surface area contributed by atoms with E-state index < -0.39 is 0 Å². The van der Waals surface area contributed by atoms with E-state index in [-0.39, 0.29) is 11.9 Å². The van der Waals surface area contributed by atoms with Crippen LogP contribution in [0.5, 0.6) is 0 Å². The molecule has 1 aliphatic heterocycles. The lowest BCUT2D eigenvalue weighted by molar-refractivity contribution is 0.0939. The van der Waals surface area contributed by atoms with Crippen molar-refractivity contribution in [3.63, 3.8) is 0 Å². The van der Waals surface area contributed by atoms with Gasteiger partial charge in [-0.05, 0) is 21.0 Å². The Bertz CT molecular complexity index is 483. The highest BCUT2D eigenvalue weighted by molar-refractivity contribution is 7.18. The third-order valence-corrected chi connectivity index (χ3v) is 4.38. The largest absolute Gasteiger partial charge is 0.382 e. The van der Waals surface area contributed by atoms with Crippen molar-refractivity contribution >= 4 is 28.2 Å². The van der Waals surface area contributed by atoms with Gasteiger partial charge >= 0.3 is 0 Å². The zero-order valence-corrected chi connectivity index (χ0v) is 13.7. The number of anilines is 2. The Hall–Kier alpha value is -1.38. The SMILES string of the molecule is CC(CN(C)C)NC(=O)c1sc(N2CCNCC2)nc1N. The van der Waals surface area contributed by atoms with Crippen molar-refractivity contribution in [2.24, 2.45) is 0 Å². The van der Waals surface area contributed by atoms with Crippen LogP contribution in [0.3, 0.4) is 0 Å². The van der Waals surface area contributed by atoms with Crippen LogP contribution >= 0.6 is 11.3 Å². The standard InChI is InChI=1S/C13H24N6OS/c1-9(8-18(2)3)16-12(20)10-11(14)17-13(21-10)19-6-4-15-5-7-19/h9,15H,4-8,14H2,1-3H3,(H,16,20). The van der Waals surface area contributed by atoms with Gasteiger partial charge < -0.3 is 26.2 Å². The van der Waals surface area contributed by atoms with Crippen LogP contribution in [0.4, 0.5) is 10.9 Å². The van der Waals surface area contributed by atoms with Crippen molar-refractivity contribution in [1.82, 2.24) is 20.5 Å². The molecule has 7 nitrogen and oxygen atoms in total. The van der Waals surface area contributed by atoms with Crippen molar-refractivity contribution in [2.45, 2.75) is 13.0 Å². The number of thiazole rings is 1. The number of likely N-dealkylation sites (N-methyl/N-ethyl adjacent to an activating group) is 1. The fraction of sp³-hybridized carbons (Fsp3) is 0.692. The molecule has 1 amide bonds. The van der Waals surface area contributed by atoms with E-state index >= 15 is 0 Å². The van der Waals surface area contributed by atoms with E-state index in [0.29, 0.717) is 10.7 Å². The number of carbonyl (C=O) groups is 1. The fourth-order valence-corrected chi connectivity index (χ4v) is 3.30. The molecule has 1 unspecified atom stereocenters. The van der Waals surface area contributed by atoms with Crippen molar-refractivity contribution in [1.29, 1.82) is 0 Å². The Labute approximate surface area is 129 Å². The highest BCUT2D eigenvalue weighted by Crippen LogP contribution is 2.28. The highest BCUT2D eigenvalue weighted by atomic mass is 32.1. The monoisotopic (exact) mass is 312 g/mol. The smallest absolute Gasteiger partial charge is 0.265 e. The van der Waals surface area contributed by atoms with E-state index in [0.717, 1.165) is 37.9 Å². The van der Waals surface area contributed by atoms with Crippen molar-refractivity contribution in [3.05, 3.63) is 4.88 Å². The predicted octanol–water partition coefficient (Wildman–Crippen LogP) is -0.185. The number of carbonyl (C=O) groups excluding carboxylic acids is 1. The second kappa shape index (κ2) is 7.06. The normalized spacial score (nSPS) is 17.0. The molecule has 2 rings (SSSR count). The van der Waals surface area contributed by atoms with Crippen LogP contribution in [0.25, 0.3) is 0 Å². The van der Waals surface area contributed by atoms with E-state index in [1.807, 2.05) is 25.9 Å². The molecule has 2 heterocycles. The highest BCUT2D eigenvalue weighted by Gasteiger charge is 2.21. The first-order valence-corrected chi connectivity index (χ1v) is 7.96. The quantitative estimate of drug-likeness (QED) is 0.699. The fourth-order valence-electron chi connectivity index (χ4n) is 2.36. The second-order valence-corrected chi connectivity index (χ2v) is 6.56. The van der Waals surface area contributed by atoms with E-state index in [4.69, 9.17) is 5.73 Å². The summed E-state index contributed by atoms with van der Waals surface area (Å²) in [7, 11) is 3.96. The summed E-state index contributed by atoms with van der Waals surface area (Å²) in [4.78, 5) is 21.3. The number of nitrogens with two attached hydrogens (primary N) is 1. The van der Waals surface area contributed by atoms with Gasteiger partial charge in [0, 0.05) is 38.8 Å². The molecular weight excluding hydrogens is 288 g/mol. The van der Waals surface area contributed by atoms with Crippen LogP contribution in [0.2, 0.25) is 0 Å². The summed E-state index contributed by atoms with van der Waals surface area (Å²) in [5, 5.41) is 7.09. The van der Waals surface area contributed by atoms with Gasteiger partial charge in [-0.2, -0.15) is 0 Å². The average Bonchev–Trinajstić information content (AvgIpc) is 2.81. The van der Waals surface area contributed by atoms with Gasteiger partial charge in [-0.3, -0.25) is 4.79 Å². The molecule has 0 saturated carbocycles. The van der Waals surface area contributed by atoms with Crippen LogP contribution < -0.4 is 21.3 Å². The van der Waals surface area contributed by atoms with Crippen molar-refractivity contribution in [2.75, 3.05) is 57.5 Å². The molecule has 118 valence electrons. The number of rotatable bonds is 5. The minimum atomic E-state index is -0.138. The molecule has 8 heteroatoms. The summed E-state index contributed by atoms with van der Waals surface area (Å²) in [6, 6.07) is 0.0663. The van der Waals surface area contributed by atoms with Gasteiger partial charge in [0.1, 0.15) is 10.7 Å². The summed E-state index contributed by atoms with van der Waals surface area (Å²) in [6.07, 6.45) is 0. The molecule has 0 bridgehead atoms. The Morgan fingerprint density at radius 3 is 2.81 bits per heavy atom. The summed E-state index contributed by atoms with van der Waals surface area (Å²) in [6.45, 7) is 6.42. The lowest BCUT2D eigenvalue weighted by Crippen LogP contribution is -2.43. The third kappa shape index (κ3) is 4.29. The summed E-state index contributed by atoms with van der Waals surface area (Å²) < 4.78 is 0. The minimum Gasteiger partial charge on any atom is -0.382 e. The van der Waals surface area contributed by atoms with Crippen molar-refractivity contribution < 1.29 is 4.79 Å². The van der Waals surface area contributed by atoms with Gasteiger partial charge in [-0.1, -0.05) is 11.3 Å². The molecule has 0 spiro atoms. The topological polar surface area (TPSA) is 86.5 Å². The number of hydrogen-bond donors (Lipinski definition) is 3. The molecule has 0 aliphatic carbocycles. The van der Waals surface area contributed by atoms with Gasteiger partial charge in [0.25, 0.3) is 5.91 Å². The first-order chi connectivity index (χ1) is 9.97. The average molecular weight is 312 g/mol.